The first-order chi connectivity index (χ1) is 10.7. The molecule has 22 heavy (non-hydrogen) atoms. The van der Waals surface area contributed by atoms with Crippen LogP contribution < -0.4 is 21.7 Å². The first-order valence-corrected chi connectivity index (χ1v) is 9.44. The van der Waals surface area contributed by atoms with E-state index in [9.17, 15) is 9.59 Å². The molecule has 2 saturated heterocycles. The van der Waals surface area contributed by atoms with E-state index in [-0.39, 0.29) is 11.9 Å². The third-order valence-electron chi connectivity index (χ3n) is 3.67. The van der Waals surface area contributed by atoms with E-state index < -0.39 is 0 Å². The Bertz CT molecular complexity index is 328. The van der Waals surface area contributed by atoms with E-state index in [1.165, 1.54) is 0 Å². The Balaban J connectivity index is 0.000000231. The molecular formula is C15H30N4O2S. The average Bonchev–Trinajstić information content (AvgIpc) is 3.06. The summed E-state index contributed by atoms with van der Waals surface area (Å²) in [5, 5.41) is 8.59. The molecule has 6 nitrogen and oxygen atoms in total. The second kappa shape index (κ2) is 11.6. The van der Waals surface area contributed by atoms with Crippen molar-refractivity contribution in [2.45, 2.75) is 57.5 Å². The maximum absolute atomic E-state index is 11.1. The van der Waals surface area contributed by atoms with Crippen LogP contribution in [-0.2, 0) is 4.79 Å². The van der Waals surface area contributed by atoms with Crippen molar-refractivity contribution in [2.75, 3.05) is 24.6 Å². The van der Waals surface area contributed by atoms with Crippen LogP contribution in [0.1, 0.15) is 45.4 Å². The number of hydrogen-bond donors (Lipinski definition) is 4. The zero-order valence-electron chi connectivity index (χ0n) is 13.5. The number of thioether (sulfide) groups is 1. The largest absolute Gasteiger partial charge is 0.356 e. The summed E-state index contributed by atoms with van der Waals surface area (Å²) in [4.78, 5) is 21.7. The van der Waals surface area contributed by atoms with Crippen LogP contribution in [0.3, 0.4) is 0 Å². The number of fused-ring (bicyclic) bond motifs is 1. The highest BCUT2D eigenvalue weighted by Crippen LogP contribution is 2.20. The third-order valence-corrected chi connectivity index (χ3v) is 4.86. The van der Waals surface area contributed by atoms with E-state index in [1.807, 2.05) is 11.8 Å². The number of carbonyl (C=O) groups is 2. The SMILES string of the molecule is CCCCC(=O)NCCCCCN.O=C1NC2CSCC2N1. The normalized spacial score (nSPS) is 22.2. The average molecular weight is 330 g/mol. The van der Waals surface area contributed by atoms with Crippen molar-refractivity contribution in [3.63, 3.8) is 0 Å². The predicted octanol–water partition coefficient (Wildman–Crippen LogP) is 1.21. The van der Waals surface area contributed by atoms with Crippen LogP contribution in [0.25, 0.3) is 0 Å². The number of rotatable bonds is 8. The number of amides is 3. The van der Waals surface area contributed by atoms with Crippen molar-refractivity contribution in [3.05, 3.63) is 0 Å². The molecule has 0 spiro atoms. The smallest absolute Gasteiger partial charge is 0.315 e. The van der Waals surface area contributed by atoms with Gasteiger partial charge < -0.3 is 21.7 Å². The van der Waals surface area contributed by atoms with Crippen molar-refractivity contribution >= 4 is 23.7 Å². The molecule has 0 radical (unpaired) electrons. The molecule has 2 aliphatic rings. The second-order valence-corrected chi connectivity index (χ2v) is 6.75. The zero-order valence-corrected chi connectivity index (χ0v) is 14.3. The van der Waals surface area contributed by atoms with Crippen molar-refractivity contribution in [3.8, 4) is 0 Å². The second-order valence-electron chi connectivity index (χ2n) is 5.67. The molecule has 0 saturated carbocycles. The van der Waals surface area contributed by atoms with Crippen LogP contribution in [0.15, 0.2) is 0 Å². The minimum absolute atomic E-state index is 0.00491. The molecule has 0 aromatic rings. The summed E-state index contributed by atoms with van der Waals surface area (Å²) < 4.78 is 0. The zero-order chi connectivity index (χ0) is 16.2. The lowest BCUT2D eigenvalue weighted by molar-refractivity contribution is -0.121. The van der Waals surface area contributed by atoms with Crippen LogP contribution in [0.2, 0.25) is 0 Å². The molecule has 2 heterocycles. The summed E-state index contributed by atoms with van der Waals surface area (Å²) in [6.07, 6.45) is 5.98. The predicted molar refractivity (Wildman–Crippen MR) is 92.0 cm³/mol. The molecular weight excluding hydrogens is 300 g/mol. The van der Waals surface area contributed by atoms with E-state index in [2.05, 4.69) is 22.9 Å². The fraction of sp³-hybridized carbons (Fsp3) is 0.867. The monoisotopic (exact) mass is 330 g/mol. The van der Waals surface area contributed by atoms with E-state index in [1.54, 1.807) is 0 Å². The van der Waals surface area contributed by atoms with Gasteiger partial charge in [0.15, 0.2) is 0 Å². The minimum Gasteiger partial charge on any atom is -0.356 e. The third kappa shape index (κ3) is 7.89. The minimum atomic E-state index is 0.00491. The standard InChI is InChI=1S/C10H22N2O.C5H8N2OS/c1-2-3-7-10(13)12-9-6-4-5-8-11;8-5-6-3-1-9-2-4(3)7-5/h2-9,11H2,1H3,(H,12,13);3-4H,1-2H2,(H2,6,7,8). The fourth-order valence-corrected chi connectivity index (χ4v) is 3.59. The van der Waals surface area contributed by atoms with Gasteiger partial charge in [-0.25, -0.2) is 4.79 Å². The van der Waals surface area contributed by atoms with Crippen LogP contribution >= 0.6 is 11.8 Å². The Morgan fingerprint density at radius 1 is 1.23 bits per heavy atom. The van der Waals surface area contributed by atoms with Crippen LogP contribution in [0.5, 0.6) is 0 Å². The lowest BCUT2D eigenvalue weighted by Gasteiger charge is -2.03. The first-order valence-electron chi connectivity index (χ1n) is 8.29. The van der Waals surface area contributed by atoms with Gasteiger partial charge in [0.05, 0.1) is 12.1 Å². The Kier molecular flexibility index (Phi) is 10.1. The Hall–Kier alpha value is -0.950. The number of unbranched alkanes of at least 4 members (excludes halogenated alkanes) is 3. The van der Waals surface area contributed by atoms with Gasteiger partial charge in [0.1, 0.15) is 0 Å². The molecule has 2 rings (SSSR count). The van der Waals surface area contributed by atoms with Crippen LogP contribution in [-0.4, -0.2) is 48.6 Å². The van der Waals surface area contributed by atoms with Gasteiger partial charge >= 0.3 is 6.03 Å². The molecule has 2 fully saturated rings. The van der Waals surface area contributed by atoms with Gasteiger partial charge in [0.2, 0.25) is 5.91 Å². The van der Waals surface area contributed by atoms with Crippen LogP contribution in [0.4, 0.5) is 4.79 Å². The van der Waals surface area contributed by atoms with Gasteiger partial charge in [-0.1, -0.05) is 19.8 Å². The summed E-state index contributed by atoms with van der Waals surface area (Å²) in [6, 6.07) is 0.815. The van der Waals surface area contributed by atoms with Gasteiger partial charge in [0.25, 0.3) is 0 Å². The van der Waals surface area contributed by atoms with Crippen molar-refractivity contribution in [1.29, 1.82) is 0 Å². The summed E-state index contributed by atoms with van der Waals surface area (Å²) in [5.41, 5.74) is 5.35. The van der Waals surface area contributed by atoms with Crippen LogP contribution in [0, 0.1) is 0 Å². The van der Waals surface area contributed by atoms with Gasteiger partial charge in [-0.05, 0) is 25.8 Å². The maximum atomic E-state index is 11.1. The summed E-state index contributed by atoms with van der Waals surface area (Å²) in [7, 11) is 0. The molecule has 0 bridgehead atoms. The molecule has 0 aromatic carbocycles. The molecule has 7 heteroatoms. The molecule has 3 amide bonds. The first kappa shape index (κ1) is 19.1. The van der Waals surface area contributed by atoms with E-state index >= 15 is 0 Å². The molecule has 128 valence electrons. The lowest BCUT2D eigenvalue weighted by Crippen LogP contribution is -2.31. The Morgan fingerprint density at radius 2 is 1.91 bits per heavy atom. The van der Waals surface area contributed by atoms with E-state index in [4.69, 9.17) is 5.73 Å². The highest BCUT2D eigenvalue weighted by atomic mass is 32.2. The number of nitrogens with one attached hydrogen (secondary N) is 3. The van der Waals surface area contributed by atoms with Gasteiger partial charge in [-0.15, -0.1) is 0 Å². The number of hydrogen-bond acceptors (Lipinski definition) is 4. The number of urea groups is 1. The molecule has 2 unspecified atom stereocenters. The number of carbonyl (C=O) groups excluding carboxylic acids is 2. The lowest BCUT2D eigenvalue weighted by atomic mass is 10.2. The summed E-state index contributed by atoms with van der Waals surface area (Å²) in [6.45, 7) is 3.65. The van der Waals surface area contributed by atoms with Crippen molar-refractivity contribution in [1.82, 2.24) is 16.0 Å². The number of nitrogens with two attached hydrogens (primary N) is 1. The summed E-state index contributed by atoms with van der Waals surface area (Å²) >= 11 is 1.89. The molecule has 0 aliphatic carbocycles. The highest BCUT2D eigenvalue weighted by molar-refractivity contribution is 7.99. The van der Waals surface area contributed by atoms with Gasteiger partial charge in [0, 0.05) is 24.5 Å². The topological polar surface area (TPSA) is 96.2 Å². The molecule has 5 N–H and O–H groups in total. The van der Waals surface area contributed by atoms with E-state index in [0.717, 1.165) is 56.7 Å². The quantitative estimate of drug-likeness (QED) is 0.397. The van der Waals surface area contributed by atoms with Crippen molar-refractivity contribution < 1.29 is 9.59 Å². The fourth-order valence-electron chi connectivity index (χ4n) is 2.32. The van der Waals surface area contributed by atoms with Gasteiger partial charge in [-0.3, -0.25) is 4.79 Å². The maximum Gasteiger partial charge on any atom is 0.315 e. The van der Waals surface area contributed by atoms with Crippen molar-refractivity contribution in [2.24, 2.45) is 5.73 Å². The molecule has 2 atom stereocenters. The highest BCUT2D eigenvalue weighted by Gasteiger charge is 2.35. The Labute approximate surface area is 137 Å². The molecule has 0 aromatic heterocycles. The molecule has 2 aliphatic heterocycles. The van der Waals surface area contributed by atoms with E-state index in [0.29, 0.717) is 18.5 Å². The Morgan fingerprint density at radius 3 is 2.50 bits per heavy atom. The van der Waals surface area contributed by atoms with Gasteiger partial charge in [-0.2, -0.15) is 11.8 Å². The summed E-state index contributed by atoms with van der Waals surface area (Å²) in [5.74, 6) is 2.34.